The Hall–Kier alpha value is -2.83. The van der Waals surface area contributed by atoms with Crippen LogP contribution in [0.2, 0.25) is 0 Å². The summed E-state index contributed by atoms with van der Waals surface area (Å²) in [4.78, 5) is 33.9. The van der Waals surface area contributed by atoms with Gasteiger partial charge in [-0.1, -0.05) is 12.1 Å². The van der Waals surface area contributed by atoms with Gasteiger partial charge in [-0.3, -0.25) is 10.1 Å². The minimum absolute atomic E-state index is 0.393. The highest BCUT2D eigenvalue weighted by Gasteiger charge is 2.08. The summed E-state index contributed by atoms with van der Waals surface area (Å²) in [7, 11) is 0. The molecule has 0 aliphatic carbocycles. The standard InChI is InChI=1S/C16H20N2O5/c1-3-17-16(21)18-14(19)11-23-15(20)10-7-12-5-8-13(9-6-12)22-4-2/h5-10H,3-4,11H2,1-2H3,(H2,17,18,19,21)/b10-7+. The molecular weight excluding hydrogens is 300 g/mol. The van der Waals surface area contributed by atoms with E-state index < -0.39 is 24.5 Å². The molecule has 7 nitrogen and oxygen atoms in total. The molecule has 0 saturated carbocycles. The number of nitrogens with one attached hydrogen (secondary N) is 2. The second-order valence-corrected chi connectivity index (χ2v) is 4.35. The van der Waals surface area contributed by atoms with E-state index in [0.29, 0.717) is 13.2 Å². The fraction of sp³-hybridized carbons (Fsp3) is 0.312. The number of ether oxygens (including phenoxy) is 2. The van der Waals surface area contributed by atoms with Crippen molar-refractivity contribution in [3.8, 4) is 5.75 Å². The predicted molar refractivity (Wildman–Crippen MR) is 84.8 cm³/mol. The van der Waals surface area contributed by atoms with Gasteiger partial charge in [0.25, 0.3) is 5.91 Å². The maximum atomic E-state index is 11.5. The van der Waals surface area contributed by atoms with Gasteiger partial charge in [-0.2, -0.15) is 0 Å². The zero-order chi connectivity index (χ0) is 17.1. The zero-order valence-electron chi connectivity index (χ0n) is 13.1. The Morgan fingerprint density at radius 1 is 1.13 bits per heavy atom. The van der Waals surface area contributed by atoms with Crippen LogP contribution in [0.25, 0.3) is 6.08 Å². The Labute approximate surface area is 134 Å². The third-order valence-electron chi connectivity index (χ3n) is 2.54. The number of carbonyl (C=O) groups is 3. The van der Waals surface area contributed by atoms with E-state index in [4.69, 9.17) is 9.47 Å². The fourth-order valence-electron chi connectivity index (χ4n) is 1.56. The lowest BCUT2D eigenvalue weighted by molar-refractivity contribution is -0.143. The van der Waals surface area contributed by atoms with E-state index in [1.165, 1.54) is 6.08 Å². The number of carbonyl (C=O) groups excluding carboxylic acids is 3. The van der Waals surface area contributed by atoms with Crippen molar-refractivity contribution in [2.45, 2.75) is 13.8 Å². The summed E-state index contributed by atoms with van der Waals surface area (Å²) in [5, 5.41) is 4.41. The molecule has 7 heteroatoms. The lowest BCUT2D eigenvalue weighted by Gasteiger charge is -2.04. The van der Waals surface area contributed by atoms with E-state index in [9.17, 15) is 14.4 Å². The molecule has 0 atom stereocenters. The van der Waals surface area contributed by atoms with E-state index in [-0.39, 0.29) is 0 Å². The van der Waals surface area contributed by atoms with E-state index in [1.807, 2.05) is 12.2 Å². The third kappa shape index (κ3) is 7.66. The van der Waals surface area contributed by atoms with E-state index in [2.05, 4.69) is 5.32 Å². The normalized spacial score (nSPS) is 10.2. The van der Waals surface area contributed by atoms with Gasteiger partial charge in [0.05, 0.1) is 6.61 Å². The van der Waals surface area contributed by atoms with Gasteiger partial charge in [-0.05, 0) is 37.6 Å². The van der Waals surface area contributed by atoms with Crippen molar-refractivity contribution in [1.29, 1.82) is 0 Å². The van der Waals surface area contributed by atoms with Gasteiger partial charge in [0.15, 0.2) is 6.61 Å². The lowest BCUT2D eigenvalue weighted by Crippen LogP contribution is -2.41. The molecule has 0 aliphatic heterocycles. The van der Waals surface area contributed by atoms with Crippen molar-refractivity contribution >= 4 is 24.0 Å². The van der Waals surface area contributed by atoms with Crippen LogP contribution in [0.4, 0.5) is 4.79 Å². The van der Waals surface area contributed by atoms with Crippen LogP contribution in [0, 0.1) is 0 Å². The van der Waals surface area contributed by atoms with Gasteiger partial charge < -0.3 is 14.8 Å². The Bertz CT molecular complexity index is 566. The molecule has 0 heterocycles. The topological polar surface area (TPSA) is 93.7 Å². The molecule has 0 saturated heterocycles. The van der Waals surface area contributed by atoms with Crippen molar-refractivity contribution < 1.29 is 23.9 Å². The zero-order valence-corrected chi connectivity index (χ0v) is 13.1. The summed E-state index contributed by atoms with van der Waals surface area (Å²) < 4.78 is 10.0. The molecule has 0 radical (unpaired) electrons. The summed E-state index contributed by atoms with van der Waals surface area (Å²) in [6, 6.07) is 6.52. The van der Waals surface area contributed by atoms with Crippen molar-refractivity contribution in [2.75, 3.05) is 19.8 Å². The van der Waals surface area contributed by atoms with Crippen LogP contribution in [0.15, 0.2) is 30.3 Å². The fourth-order valence-corrected chi connectivity index (χ4v) is 1.56. The number of benzene rings is 1. The van der Waals surface area contributed by atoms with Gasteiger partial charge in [0.1, 0.15) is 5.75 Å². The highest BCUT2D eigenvalue weighted by molar-refractivity contribution is 5.96. The molecule has 1 rings (SSSR count). The Morgan fingerprint density at radius 3 is 2.43 bits per heavy atom. The molecule has 3 amide bonds. The van der Waals surface area contributed by atoms with Gasteiger partial charge >= 0.3 is 12.0 Å². The molecule has 1 aromatic rings. The minimum atomic E-state index is -0.696. The molecule has 0 aliphatic rings. The molecule has 0 bridgehead atoms. The summed E-state index contributed by atoms with van der Waals surface area (Å²) in [6.45, 7) is 4.06. The van der Waals surface area contributed by atoms with Gasteiger partial charge in [0, 0.05) is 12.6 Å². The first kappa shape index (κ1) is 18.2. The van der Waals surface area contributed by atoms with Crippen LogP contribution in [0.1, 0.15) is 19.4 Å². The van der Waals surface area contributed by atoms with Crippen LogP contribution in [-0.4, -0.2) is 37.7 Å². The molecule has 1 aromatic carbocycles. The van der Waals surface area contributed by atoms with E-state index in [1.54, 1.807) is 37.3 Å². The van der Waals surface area contributed by atoms with Crippen molar-refractivity contribution in [2.24, 2.45) is 0 Å². The monoisotopic (exact) mass is 320 g/mol. The molecular formula is C16H20N2O5. The van der Waals surface area contributed by atoms with Gasteiger partial charge in [-0.15, -0.1) is 0 Å². The van der Waals surface area contributed by atoms with Crippen LogP contribution in [0.3, 0.4) is 0 Å². The Balaban J connectivity index is 2.38. The molecule has 0 spiro atoms. The number of hydrogen-bond donors (Lipinski definition) is 2. The Kier molecular flexibility index (Phi) is 7.91. The maximum Gasteiger partial charge on any atom is 0.331 e. The van der Waals surface area contributed by atoms with E-state index in [0.717, 1.165) is 11.3 Å². The van der Waals surface area contributed by atoms with Crippen LogP contribution in [0.5, 0.6) is 5.75 Å². The van der Waals surface area contributed by atoms with Crippen molar-refractivity contribution in [3.63, 3.8) is 0 Å². The van der Waals surface area contributed by atoms with Gasteiger partial charge in [0.2, 0.25) is 0 Å². The largest absolute Gasteiger partial charge is 0.494 e. The molecule has 0 unspecified atom stereocenters. The van der Waals surface area contributed by atoms with Crippen molar-refractivity contribution in [1.82, 2.24) is 10.6 Å². The second-order valence-electron chi connectivity index (χ2n) is 4.35. The van der Waals surface area contributed by atoms with Gasteiger partial charge in [-0.25, -0.2) is 9.59 Å². The van der Waals surface area contributed by atoms with Crippen LogP contribution < -0.4 is 15.4 Å². The highest BCUT2D eigenvalue weighted by atomic mass is 16.5. The molecule has 0 aromatic heterocycles. The van der Waals surface area contributed by atoms with E-state index >= 15 is 0 Å². The predicted octanol–water partition coefficient (Wildman–Crippen LogP) is 1.49. The molecule has 2 N–H and O–H groups in total. The number of imide groups is 1. The SMILES string of the molecule is CCNC(=O)NC(=O)COC(=O)/C=C/c1ccc(OCC)cc1. The summed E-state index contributed by atoms with van der Waals surface area (Å²) in [5.41, 5.74) is 0.789. The first-order valence-electron chi connectivity index (χ1n) is 7.20. The van der Waals surface area contributed by atoms with Crippen LogP contribution in [-0.2, 0) is 14.3 Å². The maximum absolute atomic E-state index is 11.5. The average Bonchev–Trinajstić information content (AvgIpc) is 2.52. The first-order valence-corrected chi connectivity index (χ1v) is 7.20. The third-order valence-corrected chi connectivity index (χ3v) is 2.54. The summed E-state index contributed by atoms with van der Waals surface area (Å²) >= 11 is 0. The number of rotatable bonds is 7. The second kappa shape index (κ2) is 9.99. The number of urea groups is 1. The lowest BCUT2D eigenvalue weighted by atomic mass is 10.2. The first-order chi connectivity index (χ1) is 11.0. The average molecular weight is 320 g/mol. The summed E-state index contributed by atoms with van der Waals surface area (Å²) in [5.74, 6) is -0.627. The Morgan fingerprint density at radius 2 is 1.83 bits per heavy atom. The summed E-state index contributed by atoms with van der Waals surface area (Å²) in [6.07, 6.45) is 2.76. The highest BCUT2D eigenvalue weighted by Crippen LogP contribution is 2.12. The smallest absolute Gasteiger partial charge is 0.331 e. The number of hydrogen-bond acceptors (Lipinski definition) is 5. The quantitative estimate of drug-likeness (QED) is 0.586. The minimum Gasteiger partial charge on any atom is -0.494 e. The molecule has 124 valence electrons. The molecule has 23 heavy (non-hydrogen) atoms. The number of esters is 1. The van der Waals surface area contributed by atoms with Crippen molar-refractivity contribution in [3.05, 3.63) is 35.9 Å². The number of amides is 3. The molecule has 0 fully saturated rings. The van der Waals surface area contributed by atoms with Crippen LogP contribution >= 0.6 is 0 Å².